The Morgan fingerprint density at radius 1 is 1.15 bits per heavy atom. The zero-order valence-corrected chi connectivity index (χ0v) is 7.87. The molecule has 0 aliphatic heterocycles. The van der Waals surface area contributed by atoms with Crippen molar-refractivity contribution in [3.05, 3.63) is 36.5 Å². The van der Waals surface area contributed by atoms with Crippen LogP contribution in [0, 0.1) is 0 Å². The average Bonchev–Trinajstić information content (AvgIpc) is 2.06. The summed E-state index contributed by atoms with van der Waals surface area (Å²) in [6.07, 6.45) is 1.05. The summed E-state index contributed by atoms with van der Waals surface area (Å²) in [6, 6.07) is 0. The largest absolute Gasteiger partial charge is 0.373 e. The Balaban J connectivity index is 0. The van der Waals surface area contributed by atoms with Crippen molar-refractivity contribution < 1.29 is 17.9 Å². The fourth-order valence-corrected chi connectivity index (χ4v) is 0.235. The summed E-state index contributed by atoms with van der Waals surface area (Å²) >= 11 is 2.66. The van der Waals surface area contributed by atoms with E-state index >= 15 is 0 Å². The van der Waals surface area contributed by atoms with Crippen LogP contribution < -0.4 is 0 Å². The van der Waals surface area contributed by atoms with Crippen molar-refractivity contribution in [1.29, 1.82) is 0 Å². The van der Waals surface area contributed by atoms with E-state index in [1.807, 2.05) is 0 Å². The highest BCUT2D eigenvalue weighted by atomic mass is 32.1. The van der Waals surface area contributed by atoms with Crippen LogP contribution >= 0.6 is 12.6 Å². The molecule has 0 aromatic heterocycles. The first-order valence-electron chi connectivity index (χ1n) is 3.25. The predicted molar refractivity (Wildman–Crippen MR) is 50.5 cm³/mol. The summed E-state index contributed by atoms with van der Waals surface area (Å²) in [5.41, 5.74) is 0. The molecule has 76 valence electrons. The second-order valence-corrected chi connectivity index (χ2v) is 2.06. The number of halogens is 3. The Morgan fingerprint density at radius 3 is 1.62 bits per heavy atom. The number of ether oxygens (including phenoxy) is 1. The summed E-state index contributed by atoms with van der Waals surface area (Å²) in [6.45, 7) is 8.18. The van der Waals surface area contributed by atoms with Gasteiger partial charge in [-0.05, 0) is 0 Å². The molecular formula is C8H11F3OS. The minimum Gasteiger partial charge on any atom is -0.373 e. The van der Waals surface area contributed by atoms with Gasteiger partial charge in [0.2, 0.25) is 5.16 Å². The van der Waals surface area contributed by atoms with E-state index in [1.54, 1.807) is 12.2 Å². The van der Waals surface area contributed by atoms with Crippen molar-refractivity contribution in [1.82, 2.24) is 0 Å². The Labute approximate surface area is 81.0 Å². The fourth-order valence-electron chi connectivity index (χ4n) is 0.235. The molecule has 0 radical (unpaired) electrons. The molecule has 0 rings (SSSR count). The third-order valence-electron chi connectivity index (χ3n) is 0.627. The molecule has 0 fully saturated rings. The summed E-state index contributed by atoms with van der Waals surface area (Å²) in [4.78, 5) is 0. The van der Waals surface area contributed by atoms with Crippen LogP contribution in [-0.4, -0.2) is 13.2 Å². The van der Waals surface area contributed by atoms with E-state index in [0.717, 1.165) is 0 Å². The summed E-state index contributed by atoms with van der Waals surface area (Å²) in [5.74, 6) is 0. The van der Waals surface area contributed by atoms with E-state index in [9.17, 15) is 13.2 Å². The van der Waals surface area contributed by atoms with Crippen molar-refractivity contribution in [2.45, 2.75) is 0 Å². The van der Waals surface area contributed by atoms with Crippen LogP contribution in [-0.2, 0) is 4.74 Å². The summed E-state index contributed by atoms with van der Waals surface area (Å²) < 4.78 is 36.9. The van der Waals surface area contributed by atoms with Gasteiger partial charge in [-0.15, -0.1) is 25.8 Å². The van der Waals surface area contributed by atoms with Gasteiger partial charge >= 0.3 is 6.08 Å². The lowest BCUT2D eigenvalue weighted by Crippen LogP contribution is -1.87. The number of thiol groups is 1. The van der Waals surface area contributed by atoms with Gasteiger partial charge in [0.1, 0.15) is 0 Å². The van der Waals surface area contributed by atoms with Gasteiger partial charge in [0, 0.05) is 0 Å². The molecule has 0 aliphatic carbocycles. The van der Waals surface area contributed by atoms with Crippen LogP contribution in [0.25, 0.3) is 0 Å². The third kappa shape index (κ3) is 18.4. The summed E-state index contributed by atoms with van der Waals surface area (Å²) in [7, 11) is 0. The summed E-state index contributed by atoms with van der Waals surface area (Å²) in [5, 5.41) is -1.71. The maximum atomic E-state index is 10.8. The van der Waals surface area contributed by atoms with Gasteiger partial charge in [-0.2, -0.15) is 13.2 Å². The molecule has 0 spiro atoms. The zero-order valence-electron chi connectivity index (χ0n) is 6.97. The van der Waals surface area contributed by atoms with Gasteiger partial charge in [0.05, 0.1) is 13.2 Å². The number of hydrogen-bond acceptors (Lipinski definition) is 2. The van der Waals surface area contributed by atoms with Crippen LogP contribution in [0.1, 0.15) is 0 Å². The molecule has 0 unspecified atom stereocenters. The van der Waals surface area contributed by atoms with E-state index in [4.69, 9.17) is 4.74 Å². The van der Waals surface area contributed by atoms with E-state index in [0.29, 0.717) is 13.2 Å². The Bertz CT molecular complexity index is 154. The van der Waals surface area contributed by atoms with E-state index < -0.39 is 11.2 Å². The molecule has 0 N–H and O–H groups in total. The van der Waals surface area contributed by atoms with E-state index in [1.165, 1.54) is 0 Å². The monoisotopic (exact) mass is 212 g/mol. The number of rotatable bonds is 4. The minimum atomic E-state index is -2.38. The maximum absolute atomic E-state index is 10.8. The molecule has 0 amide bonds. The normalized spacial score (nSPS) is 8.00. The van der Waals surface area contributed by atoms with E-state index in [2.05, 4.69) is 25.8 Å². The molecule has 0 heterocycles. The number of hydrogen-bond donors (Lipinski definition) is 1. The van der Waals surface area contributed by atoms with Gasteiger partial charge in [-0.3, -0.25) is 0 Å². The van der Waals surface area contributed by atoms with Crippen LogP contribution in [0.5, 0.6) is 0 Å². The molecule has 0 aromatic rings. The molecule has 1 nitrogen and oxygen atoms in total. The third-order valence-corrected chi connectivity index (χ3v) is 0.796. The van der Waals surface area contributed by atoms with Crippen molar-refractivity contribution >= 4 is 12.6 Å². The maximum Gasteiger partial charge on any atom is 0.312 e. The molecule has 13 heavy (non-hydrogen) atoms. The minimum absolute atomic E-state index is 0.617. The van der Waals surface area contributed by atoms with Crippen molar-refractivity contribution in [2.24, 2.45) is 0 Å². The fraction of sp³-hybridized carbons (Fsp3) is 0.250. The average molecular weight is 212 g/mol. The topological polar surface area (TPSA) is 9.23 Å². The first-order chi connectivity index (χ1) is 6.06. The first kappa shape index (κ1) is 14.8. The molecule has 5 heteroatoms. The quantitative estimate of drug-likeness (QED) is 0.427. The zero-order chi connectivity index (χ0) is 10.7. The lowest BCUT2D eigenvalue weighted by atomic mass is 10.6. The standard InChI is InChI=1S/C6H10O.C2HF3S/c1-3-5-7-6-4-2;3-1(4)2(5)6/h3-4H,1-2,5-6H2;6H. The van der Waals surface area contributed by atoms with Gasteiger partial charge in [0.25, 0.3) is 0 Å². The van der Waals surface area contributed by atoms with Gasteiger partial charge in [0.15, 0.2) is 0 Å². The van der Waals surface area contributed by atoms with Crippen molar-refractivity contribution in [2.75, 3.05) is 13.2 Å². The van der Waals surface area contributed by atoms with Gasteiger partial charge in [-0.25, -0.2) is 0 Å². The Kier molecular flexibility index (Phi) is 12.9. The lowest BCUT2D eigenvalue weighted by molar-refractivity contribution is 0.194. The Morgan fingerprint density at radius 2 is 1.46 bits per heavy atom. The van der Waals surface area contributed by atoms with Gasteiger partial charge < -0.3 is 4.74 Å². The Hall–Kier alpha value is -0.680. The lowest BCUT2D eigenvalue weighted by Gasteiger charge is -1.89. The molecule has 0 atom stereocenters. The molecule has 0 aliphatic rings. The molecule has 0 saturated carbocycles. The molecular weight excluding hydrogens is 201 g/mol. The van der Waals surface area contributed by atoms with Crippen LogP contribution in [0.15, 0.2) is 36.5 Å². The van der Waals surface area contributed by atoms with Crippen LogP contribution in [0.2, 0.25) is 0 Å². The highest BCUT2D eigenvalue weighted by molar-refractivity contribution is 7.84. The van der Waals surface area contributed by atoms with Crippen molar-refractivity contribution in [3.63, 3.8) is 0 Å². The molecule has 0 bridgehead atoms. The second kappa shape index (κ2) is 11.3. The second-order valence-electron chi connectivity index (χ2n) is 1.67. The predicted octanol–water partition coefficient (Wildman–Crippen LogP) is 3.33. The first-order valence-corrected chi connectivity index (χ1v) is 3.70. The van der Waals surface area contributed by atoms with Crippen LogP contribution in [0.3, 0.4) is 0 Å². The van der Waals surface area contributed by atoms with Crippen molar-refractivity contribution in [3.8, 4) is 0 Å². The smallest absolute Gasteiger partial charge is 0.312 e. The molecule has 0 saturated heterocycles. The SMILES string of the molecule is C=CCOCC=C.FC(F)=C(F)S. The van der Waals surface area contributed by atoms with Gasteiger partial charge in [-0.1, -0.05) is 12.2 Å². The highest BCUT2D eigenvalue weighted by Gasteiger charge is 1.93. The highest BCUT2D eigenvalue weighted by Crippen LogP contribution is 2.10. The van der Waals surface area contributed by atoms with E-state index in [-0.39, 0.29) is 0 Å². The molecule has 0 aromatic carbocycles. The van der Waals surface area contributed by atoms with Crippen LogP contribution in [0.4, 0.5) is 13.2 Å².